The van der Waals surface area contributed by atoms with Crippen LogP contribution in [0.2, 0.25) is 5.02 Å². The van der Waals surface area contributed by atoms with E-state index >= 15 is 0 Å². The van der Waals surface area contributed by atoms with E-state index in [-0.39, 0.29) is 29.6 Å². The number of nitrogens with one attached hydrogen (secondary N) is 2. The Labute approximate surface area is 288 Å². The quantitative estimate of drug-likeness (QED) is 0.103. The third kappa shape index (κ3) is 8.79. The average Bonchev–Trinajstić information content (AvgIpc) is 3.49. The molecule has 0 saturated carbocycles. The lowest BCUT2D eigenvalue weighted by Gasteiger charge is -2.30. The van der Waals surface area contributed by atoms with Crippen LogP contribution in [0.1, 0.15) is 35.6 Å². The van der Waals surface area contributed by atoms with E-state index in [0.29, 0.717) is 47.9 Å². The lowest BCUT2D eigenvalue weighted by Crippen LogP contribution is -2.53. The first-order valence-corrected chi connectivity index (χ1v) is 17.9. The Morgan fingerprint density at radius 2 is 1.68 bits per heavy atom. The van der Waals surface area contributed by atoms with Crippen molar-refractivity contribution in [1.29, 1.82) is 0 Å². The molecular formula is C35H35BrClN3O6S. The normalized spacial score (nSPS) is 17.5. The molecule has 0 spiro atoms. The van der Waals surface area contributed by atoms with Crippen LogP contribution in [-0.2, 0) is 25.8 Å². The number of aliphatic imine (C=N–C) groups is 1. The molecule has 1 amide bonds. The third-order valence-corrected chi connectivity index (χ3v) is 10.2. The Balaban J connectivity index is 1.47. The van der Waals surface area contributed by atoms with Gasteiger partial charge in [-0.3, -0.25) is 10.2 Å². The summed E-state index contributed by atoms with van der Waals surface area (Å²) in [5.41, 5.74) is 6.43. The third-order valence-electron chi connectivity index (χ3n) is 7.71. The molecule has 12 heteroatoms. The zero-order chi connectivity index (χ0) is 33.3. The lowest BCUT2D eigenvalue weighted by molar-refractivity contribution is -0.130. The number of aliphatic hydroxyl groups is 1. The number of hydrazine groups is 1. The molecule has 0 aromatic heterocycles. The number of nitrogens with zero attached hydrogens (tertiary/aromatic N) is 1. The number of sulfone groups is 1. The molecule has 0 radical (unpaired) electrons. The van der Waals surface area contributed by atoms with E-state index in [9.17, 15) is 13.2 Å². The fourth-order valence-corrected chi connectivity index (χ4v) is 6.93. The summed E-state index contributed by atoms with van der Waals surface area (Å²) in [5, 5.41) is 9.69. The standard InChI is InChI=1S/C35H35BrClN3O6S/c36-28-13-9-26(10-14-28)32-35(20-24-47(43,44)31-5-2-1-3-6-31,34(42)40-38-21-19-25-7-15-29(37)16-8-25)39-33(46-32)27-11-17-30(18-12-27)45-23-4-22-41/h1-3,5-18,32,38,41H,4,19-24H2,(H,40,42)/t32-,35-/m0/s1. The van der Waals surface area contributed by atoms with Crippen molar-refractivity contribution < 1.29 is 27.8 Å². The van der Waals surface area contributed by atoms with Crippen molar-refractivity contribution in [3.05, 3.63) is 129 Å². The number of aliphatic hydroxyl groups excluding tert-OH is 1. The Hall–Kier alpha value is -3.74. The van der Waals surface area contributed by atoms with E-state index in [1.165, 1.54) is 12.1 Å². The molecule has 0 fully saturated rings. The summed E-state index contributed by atoms with van der Waals surface area (Å²) in [6.45, 7) is 0.799. The molecule has 0 bridgehead atoms. The maximum absolute atomic E-state index is 14.3. The van der Waals surface area contributed by atoms with Crippen molar-refractivity contribution in [1.82, 2.24) is 10.9 Å². The van der Waals surface area contributed by atoms with Crippen LogP contribution < -0.4 is 15.6 Å². The van der Waals surface area contributed by atoms with Crippen LogP contribution in [0, 0.1) is 0 Å². The molecule has 3 N–H and O–H groups in total. The van der Waals surface area contributed by atoms with Gasteiger partial charge in [0.2, 0.25) is 5.90 Å². The largest absolute Gasteiger partial charge is 0.494 e. The zero-order valence-electron chi connectivity index (χ0n) is 25.4. The molecule has 5 rings (SSSR count). The number of hydrogen-bond acceptors (Lipinski definition) is 8. The number of benzene rings is 4. The first-order chi connectivity index (χ1) is 22.7. The minimum absolute atomic E-state index is 0.0281. The van der Waals surface area contributed by atoms with Crippen LogP contribution in [0.3, 0.4) is 0 Å². The summed E-state index contributed by atoms with van der Waals surface area (Å²) in [7, 11) is -3.77. The van der Waals surface area contributed by atoms with Crippen molar-refractivity contribution in [2.45, 2.75) is 35.8 Å². The molecule has 1 aliphatic rings. The summed E-state index contributed by atoms with van der Waals surface area (Å²) < 4.78 is 40.0. The molecule has 1 aliphatic heterocycles. The van der Waals surface area contributed by atoms with Crippen LogP contribution in [0.5, 0.6) is 5.75 Å². The minimum atomic E-state index is -3.77. The van der Waals surface area contributed by atoms with E-state index in [2.05, 4.69) is 26.8 Å². The van der Waals surface area contributed by atoms with Gasteiger partial charge in [0.15, 0.2) is 21.5 Å². The molecule has 47 heavy (non-hydrogen) atoms. The van der Waals surface area contributed by atoms with Gasteiger partial charge in [0, 0.05) is 41.1 Å². The lowest BCUT2D eigenvalue weighted by atomic mass is 9.85. The number of hydrogen-bond donors (Lipinski definition) is 3. The van der Waals surface area contributed by atoms with Gasteiger partial charge in [0.1, 0.15) is 5.75 Å². The number of carbonyl (C=O) groups is 1. The van der Waals surface area contributed by atoms with E-state index in [1.54, 1.807) is 54.6 Å². The minimum Gasteiger partial charge on any atom is -0.494 e. The maximum atomic E-state index is 14.3. The topological polar surface area (TPSA) is 126 Å². The Bertz CT molecular complexity index is 1770. The molecule has 1 heterocycles. The van der Waals surface area contributed by atoms with Crippen LogP contribution in [-0.4, -0.2) is 56.4 Å². The molecule has 9 nitrogen and oxygen atoms in total. The van der Waals surface area contributed by atoms with Gasteiger partial charge in [0.05, 0.1) is 17.3 Å². The first-order valence-electron chi connectivity index (χ1n) is 15.1. The molecule has 0 saturated heterocycles. The van der Waals surface area contributed by atoms with Crippen molar-refractivity contribution in [2.75, 3.05) is 25.5 Å². The maximum Gasteiger partial charge on any atom is 0.266 e. The average molecular weight is 741 g/mol. The molecule has 4 aromatic rings. The zero-order valence-corrected chi connectivity index (χ0v) is 28.6. The van der Waals surface area contributed by atoms with Crippen LogP contribution >= 0.6 is 27.5 Å². The van der Waals surface area contributed by atoms with Gasteiger partial charge < -0.3 is 14.6 Å². The predicted octanol–water partition coefficient (Wildman–Crippen LogP) is 5.85. The van der Waals surface area contributed by atoms with Crippen molar-refractivity contribution in [3.63, 3.8) is 0 Å². The summed E-state index contributed by atoms with van der Waals surface area (Å²) in [6, 6.07) is 30.0. The number of amides is 1. The van der Waals surface area contributed by atoms with Gasteiger partial charge >= 0.3 is 0 Å². The summed E-state index contributed by atoms with van der Waals surface area (Å²) in [6.07, 6.45) is 0.0291. The Kier molecular flexibility index (Phi) is 11.7. The van der Waals surface area contributed by atoms with Crippen molar-refractivity contribution in [2.24, 2.45) is 4.99 Å². The number of carbonyl (C=O) groups excluding carboxylic acids is 1. The monoisotopic (exact) mass is 739 g/mol. The van der Waals surface area contributed by atoms with E-state index in [1.807, 2.05) is 36.4 Å². The highest BCUT2D eigenvalue weighted by molar-refractivity contribution is 9.10. The second kappa shape index (κ2) is 15.9. The van der Waals surface area contributed by atoms with Crippen LogP contribution in [0.25, 0.3) is 0 Å². The molecule has 0 aliphatic carbocycles. The van der Waals surface area contributed by atoms with Gasteiger partial charge in [-0.15, -0.1) is 0 Å². The number of ether oxygens (including phenoxy) is 2. The van der Waals surface area contributed by atoms with Gasteiger partial charge in [-0.05, 0) is 78.2 Å². The highest BCUT2D eigenvalue weighted by Gasteiger charge is 2.53. The fraction of sp³-hybridized carbons (Fsp3) is 0.257. The smallest absolute Gasteiger partial charge is 0.266 e. The predicted molar refractivity (Wildman–Crippen MR) is 185 cm³/mol. The highest BCUT2D eigenvalue weighted by atomic mass is 79.9. The van der Waals surface area contributed by atoms with Crippen molar-refractivity contribution in [3.8, 4) is 5.75 Å². The highest BCUT2D eigenvalue weighted by Crippen LogP contribution is 2.43. The Morgan fingerprint density at radius 3 is 2.36 bits per heavy atom. The fourth-order valence-electron chi connectivity index (χ4n) is 5.15. The second-order valence-electron chi connectivity index (χ2n) is 11.0. The summed E-state index contributed by atoms with van der Waals surface area (Å²) in [4.78, 5) is 19.3. The molecule has 246 valence electrons. The Morgan fingerprint density at radius 1 is 0.979 bits per heavy atom. The molecule has 4 aromatic carbocycles. The number of rotatable bonds is 15. The first kappa shape index (κ1) is 34.6. The second-order valence-corrected chi connectivity index (χ2v) is 14.4. The van der Waals surface area contributed by atoms with Gasteiger partial charge in [-0.1, -0.05) is 70.0 Å². The molecule has 0 unspecified atom stereocenters. The SMILES string of the molecule is O=C(NNCCc1ccc(Cl)cc1)[C@@]1(CCS(=O)(=O)c2ccccc2)N=C(c2ccc(OCCCO)cc2)O[C@H]1c1ccc(Br)cc1. The van der Waals surface area contributed by atoms with Gasteiger partial charge in [-0.2, -0.15) is 0 Å². The van der Waals surface area contributed by atoms with E-state index in [4.69, 9.17) is 31.2 Å². The molecule has 2 atom stereocenters. The van der Waals surface area contributed by atoms with Crippen molar-refractivity contribution >= 4 is 49.2 Å². The summed E-state index contributed by atoms with van der Waals surface area (Å²) in [5.74, 6) is -0.0647. The van der Waals surface area contributed by atoms with Crippen LogP contribution in [0.15, 0.2) is 117 Å². The van der Waals surface area contributed by atoms with Crippen LogP contribution in [0.4, 0.5) is 0 Å². The van der Waals surface area contributed by atoms with E-state index in [0.717, 1.165) is 10.0 Å². The van der Waals surface area contributed by atoms with E-state index < -0.39 is 27.4 Å². The van der Waals surface area contributed by atoms with Gasteiger partial charge in [-0.25, -0.2) is 18.8 Å². The summed E-state index contributed by atoms with van der Waals surface area (Å²) >= 11 is 9.47. The number of halogens is 2. The van der Waals surface area contributed by atoms with Gasteiger partial charge in [0.25, 0.3) is 5.91 Å². The molecular weight excluding hydrogens is 706 g/mol.